The Hall–Kier alpha value is -0.800. The van der Waals surface area contributed by atoms with Gasteiger partial charge in [-0.1, -0.05) is 11.6 Å². The molecule has 1 aliphatic heterocycles. The smallest absolute Gasteiger partial charge is 0.123 e. The lowest BCUT2D eigenvalue weighted by molar-refractivity contribution is 0.540. The van der Waals surface area contributed by atoms with Crippen LogP contribution in [0.3, 0.4) is 0 Å². The zero-order chi connectivity index (χ0) is 11.2. The molecule has 1 spiro atoms. The van der Waals surface area contributed by atoms with Gasteiger partial charge < -0.3 is 11.1 Å². The summed E-state index contributed by atoms with van der Waals surface area (Å²) < 4.78 is 0. The van der Waals surface area contributed by atoms with E-state index in [0.717, 1.165) is 17.0 Å². The SMILES string of the molecule is Nc1cc(C[C@@H]2CC3(CC3)CN2)c(Cl)cn1. The zero-order valence-electron chi connectivity index (χ0n) is 9.17. The summed E-state index contributed by atoms with van der Waals surface area (Å²) in [6, 6.07) is 2.45. The minimum absolute atomic E-state index is 0.554. The second-order valence-corrected chi connectivity index (χ2v) is 5.59. The first-order chi connectivity index (χ1) is 7.67. The summed E-state index contributed by atoms with van der Waals surface area (Å²) >= 11 is 6.12. The average Bonchev–Trinajstić information content (AvgIpc) is 2.88. The Labute approximate surface area is 100 Å². The van der Waals surface area contributed by atoms with Crippen LogP contribution < -0.4 is 11.1 Å². The van der Waals surface area contributed by atoms with E-state index in [1.54, 1.807) is 6.20 Å². The van der Waals surface area contributed by atoms with Gasteiger partial charge in [0.05, 0.1) is 5.02 Å². The van der Waals surface area contributed by atoms with E-state index in [0.29, 0.717) is 17.3 Å². The highest BCUT2D eigenvalue weighted by molar-refractivity contribution is 6.31. The molecular formula is C12H16ClN3. The van der Waals surface area contributed by atoms with E-state index in [-0.39, 0.29) is 0 Å². The van der Waals surface area contributed by atoms with Crippen molar-refractivity contribution in [2.45, 2.75) is 31.7 Å². The molecule has 0 radical (unpaired) electrons. The highest BCUT2D eigenvalue weighted by Gasteiger charge is 2.47. The molecule has 1 aromatic rings. The average molecular weight is 238 g/mol. The Balaban J connectivity index is 1.71. The third kappa shape index (κ3) is 1.89. The predicted molar refractivity (Wildman–Crippen MR) is 65.4 cm³/mol. The predicted octanol–water partition coefficient (Wildman–Crippen LogP) is 2.00. The third-order valence-corrected chi connectivity index (χ3v) is 4.16. The van der Waals surface area contributed by atoms with E-state index in [2.05, 4.69) is 10.3 Å². The first-order valence-corrected chi connectivity index (χ1v) is 6.18. The Morgan fingerprint density at radius 2 is 2.38 bits per heavy atom. The standard InChI is InChI=1S/C12H16ClN3/c13-10-6-15-11(14)4-8(10)3-9-5-12(1-2-12)7-16-9/h4,6,9,16H,1-3,5,7H2,(H2,14,15)/t9-/m1/s1. The highest BCUT2D eigenvalue weighted by atomic mass is 35.5. The zero-order valence-corrected chi connectivity index (χ0v) is 9.93. The summed E-state index contributed by atoms with van der Waals surface area (Å²) in [6.45, 7) is 1.18. The van der Waals surface area contributed by atoms with Gasteiger partial charge in [0.25, 0.3) is 0 Å². The number of nitrogens with two attached hydrogens (primary N) is 1. The number of pyridine rings is 1. The molecule has 0 amide bonds. The molecule has 2 fully saturated rings. The first kappa shape index (κ1) is 10.4. The molecule has 0 bridgehead atoms. The van der Waals surface area contributed by atoms with Gasteiger partial charge in [0.15, 0.2) is 0 Å². The van der Waals surface area contributed by atoms with Crippen LogP contribution in [0.25, 0.3) is 0 Å². The molecule has 1 atom stereocenters. The Morgan fingerprint density at radius 1 is 1.56 bits per heavy atom. The van der Waals surface area contributed by atoms with Crippen molar-refractivity contribution in [2.24, 2.45) is 5.41 Å². The van der Waals surface area contributed by atoms with Crippen molar-refractivity contribution < 1.29 is 0 Å². The third-order valence-electron chi connectivity index (χ3n) is 3.82. The van der Waals surface area contributed by atoms with Gasteiger partial charge in [-0.15, -0.1) is 0 Å². The van der Waals surface area contributed by atoms with E-state index in [1.807, 2.05) is 6.07 Å². The van der Waals surface area contributed by atoms with E-state index in [4.69, 9.17) is 17.3 Å². The number of hydrogen-bond acceptors (Lipinski definition) is 3. The van der Waals surface area contributed by atoms with Gasteiger partial charge in [-0.3, -0.25) is 0 Å². The second-order valence-electron chi connectivity index (χ2n) is 5.19. The van der Waals surface area contributed by atoms with Crippen LogP contribution in [0.5, 0.6) is 0 Å². The number of hydrogen-bond donors (Lipinski definition) is 2. The van der Waals surface area contributed by atoms with Gasteiger partial charge in [-0.25, -0.2) is 4.98 Å². The molecule has 1 saturated heterocycles. The fourth-order valence-electron chi connectivity index (χ4n) is 2.65. The molecule has 16 heavy (non-hydrogen) atoms. The molecule has 2 aliphatic rings. The Bertz CT molecular complexity index is 415. The summed E-state index contributed by atoms with van der Waals surface area (Å²) in [5.41, 5.74) is 7.43. The number of halogens is 1. The maximum absolute atomic E-state index is 6.12. The lowest BCUT2D eigenvalue weighted by Crippen LogP contribution is -2.23. The molecule has 1 aromatic heterocycles. The van der Waals surface area contributed by atoms with Crippen LogP contribution >= 0.6 is 11.6 Å². The van der Waals surface area contributed by atoms with Crippen LogP contribution in [0.2, 0.25) is 5.02 Å². The maximum Gasteiger partial charge on any atom is 0.123 e. The number of anilines is 1. The Kier molecular flexibility index (Phi) is 2.33. The summed E-state index contributed by atoms with van der Waals surface area (Å²) in [7, 11) is 0. The topological polar surface area (TPSA) is 50.9 Å². The summed E-state index contributed by atoms with van der Waals surface area (Å²) in [5, 5.41) is 4.31. The minimum Gasteiger partial charge on any atom is -0.384 e. The lowest BCUT2D eigenvalue weighted by atomic mass is 9.99. The number of aromatic nitrogens is 1. The molecule has 2 heterocycles. The van der Waals surface area contributed by atoms with Crippen molar-refractivity contribution in [3.63, 3.8) is 0 Å². The summed E-state index contributed by atoms with van der Waals surface area (Å²) in [6.07, 6.45) is 6.68. The van der Waals surface area contributed by atoms with Gasteiger partial charge in [-0.05, 0) is 42.7 Å². The van der Waals surface area contributed by atoms with E-state index >= 15 is 0 Å². The van der Waals surface area contributed by atoms with Crippen LogP contribution in [0.4, 0.5) is 5.82 Å². The maximum atomic E-state index is 6.12. The van der Waals surface area contributed by atoms with E-state index < -0.39 is 0 Å². The lowest BCUT2D eigenvalue weighted by Gasteiger charge is -2.11. The fraction of sp³-hybridized carbons (Fsp3) is 0.583. The number of rotatable bonds is 2. The number of nitrogens with zero attached hydrogens (tertiary/aromatic N) is 1. The molecule has 4 heteroatoms. The van der Waals surface area contributed by atoms with Crippen molar-refractivity contribution >= 4 is 17.4 Å². The molecule has 0 unspecified atom stereocenters. The normalized spacial score (nSPS) is 26.2. The number of nitrogen functional groups attached to an aromatic ring is 1. The van der Waals surface area contributed by atoms with Gasteiger partial charge in [0, 0.05) is 18.8 Å². The number of nitrogens with one attached hydrogen (secondary N) is 1. The molecule has 3 rings (SSSR count). The second kappa shape index (κ2) is 3.60. The van der Waals surface area contributed by atoms with Gasteiger partial charge in [0.1, 0.15) is 5.82 Å². The van der Waals surface area contributed by atoms with E-state index in [1.165, 1.54) is 25.8 Å². The van der Waals surface area contributed by atoms with Crippen LogP contribution in [0, 0.1) is 5.41 Å². The van der Waals surface area contributed by atoms with Crippen LogP contribution in [-0.4, -0.2) is 17.6 Å². The Morgan fingerprint density at radius 3 is 3.06 bits per heavy atom. The molecule has 3 N–H and O–H groups in total. The quantitative estimate of drug-likeness (QED) is 0.827. The first-order valence-electron chi connectivity index (χ1n) is 5.80. The molecular weight excluding hydrogens is 222 g/mol. The van der Waals surface area contributed by atoms with Crippen molar-refractivity contribution in [1.82, 2.24) is 10.3 Å². The molecule has 3 nitrogen and oxygen atoms in total. The van der Waals surface area contributed by atoms with E-state index in [9.17, 15) is 0 Å². The molecule has 1 saturated carbocycles. The van der Waals surface area contributed by atoms with Crippen molar-refractivity contribution in [2.75, 3.05) is 12.3 Å². The van der Waals surface area contributed by atoms with Crippen LogP contribution in [0.15, 0.2) is 12.3 Å². The molecule has 86 valence electrons. The van der Waals surface area contributed by atoms with Crippen molar-refractivity contribution in [3.05, 3.63) is 22.8 Å². The highest BCUT2D eigenvalue weighted by Crippen LogP contribution is 2.52. The fourth-order valence-corrected chi connectivity index (χ4v) is 2.83. The minimum atomic E-state index is 0.554. The van der Waals surface area contributed by atoms with Crippen molar-refractivity contribution in [1.29, 1.82) is 0 Å². The van der Waals surface area contributed by atoms with Gasteiger partial charge in [-0.2, -0.15) is 0 Å². The molecule has 1 aliphatic carbocycles. The summed E-state index contributed by atoms with van der Waals surface area (Å²) in [4.78, 5) is 3.98. The molecule has 0 aromatic carbocycles. The van der Waals surface area contributed by atoms with Crippen LogP contribution in [-0.2, 0) is 6.42 Å². The van der Waals surface area contributed by atoms with Crippen molar-refractivity contribution in [3.8, 4) is 0 Å². The van der Waals surface area contributed by atoms with Gasteiger partial charge >= 0.3 is 0 Å². The summed E-state index contributed by atoms with van der Waals surface area (Å²) in [5.74, 6) is 0.554. The van der Waals surface area contributed by atoms with Gasteiger partial charge in [0.2, 0.25) is 0 Å². The monoisotopic (exact) mass is 237 g/mol. The largest absolute Gasteiger partial charge is 0.384 e. The van der Waals surface area contributed by atoms with Crippen LogP contribution in [0.1, 0.15) is 24.8 Å².